The summed E-state index contributed by atoms with van der Waals surface area (Å²) in [6.45, 7) is 4.07. The quantitative estimate of drug-likeness (QED) is 0.101. The van der Waals surface area contributed by atoms with Crippen LogP contribution in [0.25, 0.3) is 0 Å². The molecule has 0 unspecified atom stereocenters. The molecule has 0 bridgehead atoms. The number of anilines is 5. The molecule has 0 aliphatic rings. The lowest BCUT2D eigenvalue weighted by atomic mass is 10.1. The molecule has 0 aliphatic carbocycles. The predicted octanol–water partition coefficient (Wildman–Crippen LogP) is 5.93. The van der Waals surface area contributed by atoms with Gasteiger partial charge in [-0.1, -0.05) is 24.3 Å². The number of non-ortho nitro benzene ring substituents is 1. The number of hydrogen-bond donors (Lipinski definition) is 3. The molecule has 0 radical (unpaired) electrons. The van der Waals surface area contributed by atoms with Gasteiger partial charge >= 0.3 is 0 Å². The van der Waals surface area contributed by atoms with Gasteiger partial charge < -0.3 is 10.6 Å². The third-order valence-electron chi connectivity index (χ3n) is 5.01. The molecular weight excluding hydrogens is 559 g/mol. The van der Waals surface area contributed by atoms with Crippen molar-refractivity contribution in [2.45, 2.75) is 13.8 Å². The van der Waals surface area contributed by atoms with Crippen molar-refractivity contribution in [1.82, 2.24) is 15.0 Å². The van der Waals surface area contributed by atoms with Gasteiger partial charge in [-0.25, -0.2) is 5.43 Å². The Morgan fingerprint density at radius 2 is 1.49 bits per heavy atom. The summed E-state index contributed by atoms with van der Waals surface area (Å²) in [6.07, 6.45) is 1.69. The molecule has 1 heterocycles. The lowest BCUT2D eigenvalue weighted by Gasteiger charge is -2.11. The Kier molecular flexibility index (Phi) is 7.45. The second kappa shape index (κ2) is 10.9. The van der Waals surface area contributed by atoms with Crippen LogP contribution in [-0.4, -0.2) is 26.1 Å². The van der Waals surface area contributed by atoms with Gasteiger partial charge in [0.2, 0.25) is 17.8 Å². The summed E-state index contributed by atoms with van der Waals surface area (Å²) in [5.74, 6) is 0.768. The molecule has 0 aliphatic heterocycles. The number of benzene rings is 3. The Bertz CT molecular complexity index is 1390. The topological polar surface area (TPSA) is 130 Å². The van der Waals surface area contributed by atoms with Gasteiger partial charge in [0.1, 0.15) is 0 Å². The fourth-order valence-electron chi connectivity index (χ4n) is 3.02. The highest BCUT2D eigenvalue weighted by atomic mass is 127. The third kappa shape index (κ3) is 6.47. The molecule has 3 N–H and O–H groups in total. The zero-order valence-corrected chi connectivity index (χ0v) is 21.0. The van der Waals surface area contributed by atoms with Gasteiger partial charge in [0.15, 0.2) is 0 Å². The van der Waals surface area contributed by atoms with Crippen molar-refractivity contribution in [2.24, 2.45) is 5.10 Å². The summed E-state index contributed by atoms with van der Waals surface area (Å²) in [5, 5.41) is 21.4. The van der Waals surface area contributed by atoms with Crippen LogP contribution >= 0.6 is 22.6 Å². The van der Waals surface area contributed by atoms with E-state index in [9.17, 15) is 10.1 Å². The van der Waals surface area contributed by atoms with Crippen LogP contribution in [0.1, 0.15) is 16.7 Å². The number of rotatable bonds is 8. The highest BCUT2D eigenvalue weighted by Crippen LogP contribution is 2.22. The van der Waals surface area contributed by atoms with Crippen molar-refractivity contribution in [1.29, 1.82) is 0 Å². The molecule has 1 aromatic heterocycles. The summed E-state index contributed by atoms with van der Waals surface area (Å²) in [4.78, 5) is 23.7. The largest absolute Gasteiger partial charge is 0.324 e. The van der Waals surface area contributed by atoms with Crippen LogP contribution in [0.5, 0.6) is 0 Å². The third-order valence-corrected chi connectivity index (χ3v) is 5.99. The lowest BCUT2D eigenvalue weighted by Crippen LogP contribution is -2.07. The molecular formula is C24H21IN8O2. The first-order chi connectivity index (χ1) is 16.9. The van der Waals surface area contributed by atoms with E-state index in [1.165, 1.54) is 17.7 Å². The molecule has 0 fully saturated rings. The van der Waals surface area contributed by atoms with Crippen LogP contribution in [-0.2, 0) is 0 Å². The Balaban J connectivity index is 1.60. The molecule has 0 spiro atoms. The number of nitro benzene ring substituents is 1. The number of nitro groups is 1. The molecule has 0 saturated carbocycles. The minimum atomic E-state index is -0.452. The zero-order chi connectivity index (χ0) is 24.8. The van der Waals surface area contributed by atoms with Gasteiger partial charge in [0, 0.05) is 32.6 Å². The molecule has 10 nitrogen and oxygen atoms in total. The van der Waals surface area contributed by atoms with E-state index >= 15 is 0 Å². The summed E-state index contributed by atoms with van der Waals surface area (Å²) in [7, 11) is 0. The Labute approximate surface area is 215 Å². The Morgan fingerprint density at radius 3 is 2.14 bits per heavy atom. The molecule has 35 heavy (non-hydrogen) atoms. The van der Waals surface area contributed by atoms with Crippen LogP contribution < -0.4 is 16.1 Å². The van der Waals surface area contributed by atoms with Crippen molar-refractivity contribution < 1.29 is 4.92 Å². The van der Waals surface area contributed by atoms with E-state index in [-0.39, 0.29) is 17.6 Å². The second-order valence-electron chi connectivity index (χ2n) is 7.55. The normalized spacial score (nSPS) is 10.8. The van der Waals surface area contributed by atoms with Crippen molar-refractivity contribution >= 4 is 63.7 Å². The standard InChI is InChI=1S/C24H21IN8O2/c1-15-7-8-19(13-16(15)2)28-23-29-22(27-18-9-11-20(12-10-18)33(34)35)30-24(31-23)32-26-14-17-5-3-4-6-21(17)25/h3-14H,1-2H3,(H3,27,28,29,30,31,32)/b26-14+. The minimum Gasteiger partial charge on any atom is -0.324 e. The maximum absolute atomic E-state index is 10.9. The minimum absolute atomic E-state index is 0.00414. The highest BCUT2D eigenvalue weighted by molar-refractivity contribution is 14.1. The number of aryl methyl sites for hydroxylation is 2. The molecule has 0 saturated heterocycles. The van der Waals surface area contributed by atoms with E-state index in [2.05, 4.69) is 58.7 Å². The van der Waals surface area contributed by atoms with Gasteiger partial charge in [-0.15, -0.1) is 0 Å². The van der Waals surface area contributed by atoms with Crippen molar-refractivity contribution in [2.75, 3.05) is 16.1 Å². The van der Waals surface area contributed by atoms with E-state index in [4.69, 9.17) is 0 Å². The summed E-state index contributed by atoms with van der Waals surface area (Å²) >= 11 is 2.24. The molecule has 3 aromatic carbocycles. The molecule has 4 aromatic rings. The number of halogens is 1. The number of nitrogens with one attached hydrogen (secondary N) is 3. The van der Waals surface area contributed by atoms with Crippen molar-refractivity contribution in [3.63, 3.8) is 0 Å². The van der Waals surface area contributed by atoms with Crippen molar-refractivity contribution in [3.05, 3.63) is 97.1 Å². The zero-order valence-electron chi connectivity index (χ0n) is 18.9. The first-order valence-corrected chi connectivity index (χ1v) is 11.6. The summed E-state index contributed by atoms with van der Waals surface area (Å²) in [6, 6.07) is 19.8. The van der Waals surface area contributed by atoms with Gasteiger partial charge in [-0.3, -0.25) is 10.1 Å². The maximum Gasteiger partial charge on any atom is 0.269 e. The van der Waals surface area contributed by atoms with E-state index in [0.717, 1.165) is 20.4 Å². The number of aromatic nitrogens is 3. The summed E-state index contributed by atoms with van der Waals surface area (Å²) in [5.41, 5.74) is 7.53. The average Bonchev–Trinajstić information content (AvgIpc) is 2.83. The number of nitrogens with zero attached hydrogens (tertiary/aromatic N) is 5. The van der Waals surface area contributed by atoms with Crippen LogP contribution in [0.2, 0.25) is 0 Å². The smallest absolute Gasteiger partial charge is 0.269 e. The lowest BCUT2D eigenvalue weighted by molar-refractivity contribution is -0.384. The number of hydrazone groups is 1. The molecule has 4 rings (SSSR count). The van der Waals surface area contributed by atoms with E-state index < -0.39 is 4.92 Å². The van der Waals surface area contributed by atoms with Crippen LogP contribution in [0, 0.1) is 27.5 Å². The SMILES string of the molecule is Cc1ccc(Nc2nc(N/N=C/c3ccccc3I)nc(Nc3ccc([N+](=O)[O-])cc3)n2)cc1C. The first kappa shape index (κ1) is 24.0. The van der Waals surface area contributed by atoms with Crippen LogP contribution in [0.15, 0.2) is 71.8 Å². The van der Waals surface area contributed by atoms with Gasteiger partial charge in [-0.05, 0) is 77.9 Å². The number of hydrogen-bond acceptors (Lipinski definition) is 9. The predicted molar refractivity (Wildman–Crippen MR) is 146 cm³/mol. The summed E-state index contributed by atoms with van der Waals surface area (Å²) < 4.78 is 1.06. The Hall–Kier alpha value is -4.13. The van der Waals surface area contributed by atoms with E-state index in [1.54, 1.807) is 18.3 Å². The maximum atomic E-state index is 10.9. The average molecular weight is 580 g/mol. The fraction of sp³-hybridized carbons (Fsp3) is 0.0833. The van der Waals surface area contributed by atoms with Crippen LogP contribution in [0.3, 0.4) is 0 Å². The second-order valence-corrected chi connectivity index (χ2v) is 8.71. The van der Waals surface area contributed by atoms with Crippen molar-refractivity contribution in [3.8, 4) is 0 Å². The first-order valence-electron chi connectivity index (χ1n) is 10.5. The van der Waals surface area contributed by atoms with E-state index in [0.29, 0.717) is 11.6 Å². The fourth-order valence-corrected chi connectivity index (χ4v) is 3.55. The monoisotopic (exact) mass is 580 g/mol. The van der Waals surface area contributed by atoms with Gasteiger partial charge in [0.25, 0.3) is 5.69 Å². The molecule has 0 amide bonds. The molecule has 0 atom stereocenters. The highest BCUT2D eigenvalue weighted by Gasteiger charge is 2.10. The van der Waals surface area contributed by atoms with E-state index in [1.807, 2.05) is 56.3 Å². The molecule has 11 heteroatoms. The van der Waals surface area contributed by atoms with Gasteiger partial charge in [-0.2, -0.15) is 20.1 Å². The Morgan fingerprint density at radius 1 is 0.857 bits per heavy atom. The molecule has 176 valence electrons. The van der Waals surface area contributed by atoms with Gasteiger partial charge in [0.05, 0.1) is 11.1 Å². The van der Waals surface area contributed by atoms with Crippen LogP contribution in [0.4, 0.5) is 34.9 Å².